The van der Waals surface area contributed by atoms with Crippen LogP contribution in [0.15, 0.2) is 18.2 Å². The highest BCUT2D eigenvalue weighted by Gasteiger charge is 2.27. The topological polar surface area (TPSA) is 46.3 Å². The van der Waals surface area contributed by atoms with Crippen LogP contribution in [0.3, 0.4) is 0 Å². The van der Waals surface area contributed by atoms with Gasteiger partial charge in [-0.3, -0.25) is 9.69 Å². The molecule has 19 heavy (non-hydrogen) atoms. The van der Waals surface area contributed by atoms with Crippen molar-refractivity contribution in [3.63, 3.8) is 0 Å². The Morgan fingerprint density at radius 2 is 2.16 bits per heavy atom. The van der Waals surface area contributed by atoms with Crippen molar-refractivity contribution in [1.29, 1.82) is 0 Å². The minimum absolute atomic E-state index is 0.0770. The first-order chi connectivity index (χ1) is 8.99. The van der Waals surface area contributed by atoms with E-state index in [9.17, 15) is 4.79 Å². The third-order valence-corrected chi connectivity index (χ3v) is 4.07. The molecule has 1 aromatic rings. The summed E-state index contributed by atoms with van der Waals surface area (Å²) in [6.07, 6.45) is 2.16. The van der Waals surface area contributed by atoms with E-state index in [0.717, 1.165) is 42.6 Å². The van der Waals surface area contributed by atoms with E-state index in [4.69, 9.17) is 5.73 Å². The van der Waals surface area contributed by atoms with Crippen LogP contribution in [0.1, 0.15) is 41.3 Å². The smallest absolute Gasteiger partial charge is 0.179 e. The average Bonchev–Trinajstić information content (AvgIpc) is 2.40. The number of benzene rings is 1. The molecule has 1 aromatic carbocycles. The summed E-state index contributed by atoms with van der Waals surface area (Å²) >= 11 is 0. The quantitative estimate of drug-likeness (QED) is 0.848. The summed E-state index contributed by atoms with van der Waals surface area (Å²) in [6, 6.07) is 6.21. The summed E-state index contributed by atoms with van der Waals surface area (Å²) in [4.78, 5) is 14.9. The number of hydrogen-bond donors (Lipinski definition) is 1. The lowest BCUT2D eigenvalue weighted by molar-refractivity contribution is 0.0793. The van der Waals surface area contributed by atoms with Gasteiger partial charge in [-0.15, -0.1) is 0 Å². The molecule has 2 N–H and O–H groups in total. The van der Waals surface area contributed by atoms with Crippen LogP contribution in [0.25, 0.3) is 0 Å². The summed E-state index contributed by atoms with van der Waals surface area (Å²) in [5, 5.41) is 0. The first kappa shape index (κ1) is 14.2. The van der Waals surface area contributed by atoms with Crippen LogP contribution >= 0.6 is 0 Å². The highest BCUT2D eigenvalue weighted by atomic mass is 16.1. The highest BCUT2D eigenvalue weighted by molar-refractivity contribution is 6.01. The van der Waals surface area contributed by atoms with E-state index in [1.54, 1.807) is 0 Å². The SMILES string of the molecule is Cc1ccc(C)c(C(=O)C(C)N2CCCC(N)C2)c1. The second-order valence-corrected chi connectivity index (χ2v) is 5.76. The van der Waals surface area contributed by atoms with E-state index in [-0.39, 0.29) is 17.9 Å². The van der Waals surface area contributed by atoms with Gasteiger partial charge in [0, 0.05) is 18.2 Å². The average molecular weight is 260 g/mol. The highest BCUT2D eigenvalue weighted by Crippen LogP contribution is 2.18. The van der Waals surface area contributed by atoms with Gasteiger partial charge in [0.2, 0.25) is 0 Å². The number of rotatable bonds is 3. The van der Waals surface area contributed by atoms with Crippen molar-refractivity contribution in [3.05, 3.63) is 34.9 Å². The summed E-state index contributed by atoms with van der Waals surface area (Å²) in [6.45, 7) is 7.84. The Labute approximate surface area is 115 Å². The fourth-order valence-corrected chi connectivity index (χ4v) is 2.78. The fourth-order valence-electron chi connectivity index (χ4n) is 2.78. The maximum Gasteiger partial charge on any atom is 0.179 e. The van der Waals surface area contributed by atoms with Crippen molar-refractivity contribution in [2.45, 2.75) is 45.7 Å². The molecule has 1 saturated heterocycles. The Morgan fingerprint density at radius 1 is 1.42 bits per heavy atom. The molecule has 3 nitrogen and oxygen atoms in total. The van der Waals surface area contributed by atoms with E-state index in [0.29, 0.717) is 0 Å². The van der Waals surface area contributed by atoms with Gasteiger partial charge in [-0.05, 0) is 51.8 Å². The lowest BCUT2D eigenvalue weighted by Gasteiger charge is -2.34. The molecule has 1 aliphatic heterocycles. The van der Waals surface area contributed by atoms with E-state index in [1.807, 2.05) is 39.0 Å². The number of likely N-dealkylation sites (tertiary alicyclic amines) is 1. The molecule has 2 rings (SSSR count). The van der Waals surface area contributed by atoms with Crippen molar-refractivity contribution in [1.82, 2.24) is 4.90 Å². The summed E-state index contributed by atoms with van der Waals surface area (Å²) in [5.41, 5.74) is 9.05. The lowest BCUT2D eigenvalue weighted by Crippen LogP contribution is -2.49. The van der Waals surface area contributed by atoms with Gasteiger partial charge in [0.25, 0.3) is 0 Å². The molecule has 1 aliphatic rings. The molecule has 0 radical (unpaired) electrons. The van der Waals surface area contributed by atoms with Crippen molar-refractivity contribution >= 4 is 5.78 Å². The predicted molar refractivity (Wildman–Crippen MR) is 78.5 cm³/mol. The molecule has 0 saturated carbocycles. The van der Waals surface area contributed by atoms with Crippen LogP contribution in [0.2, 0.25) is 0 Å². The van der Waals surface area contributed by atoms with Crippen molar-refractivity contribution in [3.8, 4) is 0 Å². The van der Waals surface area contributed by atoms with Crippen LogP contribution < -0.4 is 5.73 Å². The third kappa shape index (κ3) is 3.23. The summed E-state index contributed by atoms with van der Waals surface area (Å²) in [5.74, 6) is 0.218. The Bertz CT molecular complexity index is 470. The second-order valence-electron chi connectivity index (χ2n) is 5.76. The number of hydrogen-bond acceptors (Lipinski definition) is 3. The molecule has 2 atom stereocenters. The second kappa shape index (κ2) is 5.85. The molecule has 2 unspecified atom stereocenters. The fraction of sp³-hybridized carbons (Fsp3) is 0.562. The van der Waals surface area contributed by atoms with Crippen LogP contribution in [0.4, 0.5) is 0 Å². The van der Waals surface area contributed by atoms with Crippen LogP contribution in [-0.2, 0) is 0 Å². The van der Waals surface area contributed by atoms with E-state index in [2.05, 4.69) is 4.90 Å². The largest absolute Gasteiger partial charge is 0.327 e. The van der Waals surface area contributed by atoms with Gasteiger partial charge >= 0.3 is 0 Å². The number of nitrogens with zero attached hydrogens (tertiary/aromatic N) is 1. The van der Waals surface area contributed by atoms with Gasteiger partial charge in [0.1, 0.15) is 0 Å². The first-order valence-electron chi connectivity index (χ1n) is 7.10. The Hall–Kier alpha value is -1.19. The molecule has 0 aromatic heterocycles. The molecule has 3 heteroatoms. The van der Waals surface area contributed by atoms with Gasteiger partial charge in [0.05, 0.1) is 6.04 Å². The molecular weight excluding hydrogens is 236 g/mol. The first-order valence-corrected chi connectivity index (χ1v) is 7.10. The Kier molecular flexibility index (Phi) is 4.38. The minimum Gasteiger partial charge on any atom is -0.327 e. The van der Waals surface area contributed by atoms with E-state index < -0.39 is 0 Å². The number of carbonyl (C=O) groups excluding carboxylic acids is 1. The van der Waals surface area contributed by atoms with Gasteiger partial charge in [-0.1, -0.05) is 17.7 Å². The predicted octanol–water partition coefficient (Wildman–Crippen LogP) is 2.30. The van der Waals surface area contributed by atoms with Gasteiger partial charge in [0.15, 0.2) is 5.78 Å². The van der Waals surface area contributed by atoms with Gasteiger partial charge in [-0.2, -0.15) is 0 Å². The Balaban J connectivity index is 2.16. The minimum atomic E-state index is -0.0770. The molecule has 0 spiro atoms. The standard InChI is InChI=1S/C16H24N2O/c1-11-6-7-12(2)15(9-11)16(19)13(3)18-8-4-5-14(17)10-18/h6-7,9,13-14H,4-5,8,10,17H2,1-3H3. The molecule has 0 aliphatic carbocycles. The molecule has 104 valence electrons. The lowest BCUT2D eigenvalue weighted by atomic mass is 9.96. The van der Waals surface area contributed by atoms with Crippen LogP contribution in [0.5, 0.6) is 0 Å². The maximum atomic E-state index is 12.6. The number of ketones is 1. The molecule has 0 bridgehead atoms. The van der Waals surface area contributed by atoms with E-state index in [1.165, 1.54) is 0 Å². The van der Waals surface area contributed by atoms with Gasteiger partial charge < -0.3 is 5.73 Å². The van der Waals surface area contributed by atoms with Crippen LogP contribution in [-0.4, -0.2) is 35.9 Å². The molecule has 1 fully saturated rings. The Morgan fingerprint density at radius 3 is 2.84 bits per heavy atom. The van der Waals surface area contributed by atoms with Crippen molar-refractivity contribution in [2.24, 2.45) is 5.73 Å². The number of nitrogens with two attached hydrogens (primary N) is 1. The number of Topliss-reactive ketones (excluding diaryl/α,β-unsaturated/α-hetero) is 1. The van der Waals surface area contributed by atoms with Crippen molar-refractivity contribution < 1.29 is 4.79 Å². The maximum absolute atomic E-state index is 12.6. The zero-order valence-electron chi connectivity index (χ0n) is 12.1. The van der Waals surface area contributed by atoms with Crippen molar-refractivity contribution in [2.75, 3.05) is 13.1 Å². The monoisotopic (exact) mass is 260 g/mol. The third-order valence-electron chi connectivity index (χ3n) is 4.07. The zero-order valence-corrected chi connectivity index (χ0v) is 12.1. The van der Waals surface area contributed by atoms with Crippen LogP contribution in [0, 0.1) is 13.8 Å². The summed E-state index contributed by atoms with van der Waals surface area (Å²) < 4.78 is 0. The normalized spacial score (nSPS) is 22.2. The molecule has 1 heterocycles. The number of aryl methyl sites for hydroxylation is 2. The number of carbonyl (C=O) groups is 1. The summed E-state index contributed by atoms with van der Waals surface area (Å²) in [7, 11) is 0. The van der Waals surface area contributed by atoms with Gasteiger partial charge in [-0.25, -0.2) is 0 Å². The number of piperidine rings is 1. The molecule has 0 amide bonds. The van der Waals surface area contributed by atoms with E-state index >= 15 is 0 Å². The zero-order chi connectivity index (χ0) is 14.0. The molecular formula is C16H24N2O.